The van der Waals surface area contributed by atoms with Crippen LogP contribution in [0.5, 0.6) is 0 Å². The zero-order chi connectivity index (χ0) is 11.6. The second-order valence-electron chi connectivity index (χ2n) is 5.11. The van der Waals surface area contributed by atoms with Crippen molar-refractivity contribution in [2.75, 3.05) is 0 Å². The van der Waals surface area contributed by atoms with Crippen LogP contribution in [0.1, 0.15) is 33.1 Å². The maximum Gasteiger partial charge on any atom is 0.159 e. The van der Waals surface area contributed by atoms with Crippen molar-refractivity contribution in [3.8, 4) is 0 Å². The summed E-state index contributed by atoms with van der Waals surface area (Å²) in [7, 11) is 0. The maximum atomic E-state index is 12.2. The number of carbonyl (C=O) groups excluding carboxylic acids is 1. The minimum atomic E-state index is 0.170. The SMILES string of the molecule is CC=CC(=O)C1C(C)C=CCC12CC=CC2. The summed E-state index contributed by atoms with van der Waals surface area (Å²) in [6.45, 7) is 4.09. The van der Waals surface area contributed by atoms with Gasteiger partial charge in [-0.05, 0) is 43.6 Å². The number of hydrogen-bond donors (Lipinski definition) is 0. The molecule has 0 amide bonds. The van der Waals surface area contributed by atoms with E-state index in [4.69, 9.17) is 0 Å². The molecule has 0 bridgehead atoms. The van der Waals surface area contributed by atoms with Crippen LogP contribution in [0.15, 0.2) is 36.5 Å². The lowest BCUT2D eigenvalue weighted by atomic mass is 9.62. The third kappa shape index (κ3) is 1.79. The van der Waals surface area contributed by atoms with Crippen LogP contribution in [0.25, 0.3) is 0 Å². The van der Waals surface area contributed by atoms with Gasteiger partial charge in [0.2, 0.25) is 0 Å². The van der Waals surface area contributed by atoms with Crippen LogP contribution < -0.4 is 0 Å². The maximum absolute atomic E-state index is 12.2. The first-order chi connectivity index (χ1) is 7.69. The van der Waals surface area contributed by atoms with Gasteiger partial charge < -0.3 is 0 Å². The van der Waals surface area contributed by atoms with Gasteiger partial charge in [-0.1, -0.05) is 37.3 Å². The van der Waals surface area contributed by atoms with Crippen LogP contribution in [0, 0.1) is 17.3 Å². The minimum Gasteiger partial charge on any atom is -0.295 e. The highest BCUT2D eigenvalue weighted by atomic mass is 16.1. The third-order valence-electron chi connectivity index (χ3n) is 4.00. The van der Waals surface area contributed by atoms with Crippen molar-refractivity contribution in [2.24, 2.45) is 17.3 Å². The molecule has 0 fully saturated rings. The fourth-order valence-electron chi connectivity index (χ4n) is 3.28. The highest BCUT2D eigenvalue weighted by Gasteiger charge is 2.45. The number of carbonyl (C=O) groups is 1. The minimum absolute atomic E-state index is 0.170. The Hall–Kier alpha value is -1.11. The van der Waals surface area contributed by atoms with E-state index in [1.54, 1.807) is 6.08 Å². The molecule has 0 heterocycles. The summed E-state index contributed by atoms with van der Waals surface area (Å²) in [5, 5.41) is 0. The predicted octanol–water partition coefficient (Wildman–Crippen LogP) is 3.68. The Morgan fingerprint density at radius 2 is 1.88 bits per heavy atom. The van der Waals surface area contributed by atoms with Crippen molar-refractivity contribution in [3.05, 3.63) is 36.5 Å². The van der Waals surface area contributed by atoms with Crippen molar-refractivity contribution >= 4 is 5.78 Å². The Morgan fingerprint density at radius 1 is 1.25 bits per heavy atom. The molecule has 2 unspecified atom stereocenters. The zero-order valence-electron chi connectivity index (χ0n) is 10.1. The van der Waals surface area contributed by atoms with E-state index in [0.717, 1.165) is 19.3 Å². The van der Waals surface area contributed by atoms with Gasteiger partial charge in [0.1, 0.15) is 0 Å². The second-order valence-corrected chi connectivity index (χ2v) is 5.11. The van der Waals surface area contributed by atoms with E-state index in [-0.39, 0.29) is 11.3 Å². The molecule has 0 N–H and O–H groups in total. The molecule has 1 nitrogen and oxygen atoms in total. The summed E-state index contributed by atoms with van der Waals surface area (Å²) < 4.78 is 0. The summed E-state index contributed by atoms with van der Waals surface area (Å²) >= 11 is 0. The molecule has 1 spiro atoms. The molecule has 0 saturated carbocycles. The van der Waals surface area contributed by atoms with E-state index in [2.05, 4.69) is 31.2 Å². The summed E-state index contributed by atoms with van der Waals surface area (Å²) in [6, 6.07) is 0. The first-order valence-corrected chi connectivity index (χ1v) is 6.18. The predicted molar refractivity (Wildman–Crippen MR) is 67.0 cm³/mol. The first kappa shape index (κ1) is 11.4. The van der Waals surface area contributed by atoms with Gasteiger partial charge in [0.25, 0.3) is 0 Å². The van der Waals surface area contributed by atoms with Gasteiger partial charge in [0, 0.05) is 5.92 Å². The van der Waals surface area contributed by atoms with Gasteiger partial charge in [-0.15, -0.1) is 0 Å². The van der Waals surface area contributed by atoms with Crippen molar-refractivity contribution in [2.45, 2.75) is 33.1 Å². The van der Waals surface area contributed by atoms with Gasteiger partial charge in [0.05, 0.1) is 0 Å². The van der Waals surface area contributed by atoms with Crippen molar-refractivity contribution in [1.82, 2.24) is 0 Å². The number of allylic oxidation sites excluding steroid dienone is 6. The van der Waals surface area contributed by atoms with Crippen LogP contribution in [0.4, 0.5) is 0 Å². The van der Waals surface area contributed by atoms with Crippen LogP contribution in [-0.4, -0.2) is 5.78 Å². The molecule has 86 valence electrons. The molecule has 0 aliphatic heterocycles. The van der Waals surface area contributed by atoms with E-state index < -0.39 is 0 Å². The summed E-state index contributed by atoms with van der Waals surface area (Å²) in [6.07, 6.45) is 15.7. The summed E-state index contributed by atoms with van der Waals surface area (Å²) in [4.78, 5) is 12.2. The monoisotopic (exact) mass is 216 g/mol. The molecule has 0 aromatic carbocycles. The lowest BCUT2D eigenvalue weighted by molar-refractivity contribution is -0.124. The van der Waals surface area contributed by atoms with E-state index in [1.165, 1.54) is 0 Å². The van der Waals surface area contributed by atoms with Crippen molar-refractivity contribution < 1.29 is 4.79 Å². The Bertz CT molecular complexity index is 352. The van der Waals surface area contributed by atoms with Crippen LogP contribution in [0.2, 0.25) is 0 Å². The summed E-state index contributed by atoms with van der Waals surface area (Å²) in [5.74, 6) is 0.851. The molecule has 0 aromatic heterocycles. The average molecular weight is 216 g/mol. The lowest BCUT2D eigenvalue weighted by Gasteiger charge is -2.41. The first-order valence-electron chi connectivity index (χ1n) is 6.18. The Kier molecular flexibility index (Phi) is 3.13. The van der Waals surface area contributed by atoms with Gasteiger partial charge in [-0.25, -0.2) is 0 Å². The van der Waals surface area contributed by atoms with Gasteiger partial charge in [-0.2, -0.15) is 0 Å². The molecule has 2 atom stereocenters. The largest absolute Gasteiger partial charge is 0.295 e. The van der Waals surface area contributed by atoms with E-state index in [9.17, 15) is 4.79 Å². The second kappa shape index (κ2) is 4.40. The fourth-order valence-corrected chi connectivity index (χ4v) is 3.28. The molecule has 2 aliphatic rings. The lowest BCUT2D eigenvalue weighted by Crippen LogP contribution is -2.39. The van der Waals surface area contributed by atoms with Gasteiger partial charge in [0.15, 0.2) is 5.78 Å². The topological polar surface area (TPSA) is 17.1 Å². The Morgan fingerprint density at radius 3 is 2.50 bits per heavy atom. The normalized spacial score (nSPS) is 31.6. The fraction of sp³-hybridized carbons (Fsp3) is 0.533. The highest BCUT2D eigenvalue weighted by molar-refractivity contribution is 5.92. The molecule has 2 rings (SSSR count). The van der Waals surface area contributed by atoms with E-state index in [1.807, 2.05) is 13.0 Å². The third-order valence-corrected chi connectivity index (χ3v) is 4.00. The van der Waals surface area contributed by atoms with Crippen molar-refractivity contribution in [3.63, 3.8) is 0 Å². The summed E-state index contributed by atoms with van der Waals surface area (Å²) in [5.41, 5.74) is 0.185. The standard InChI is InChI=1S/C15H20O/c1-3-7-13(16)14-12(2)8-6-11-15(14)9-4-5-10-15/h3-8,12,14H,9-11H2,1-2H3. The average Bonchev–Trinajstić information content (AvgIpc) is 2.67. The Balaban J connectivity index is 2.29. The Labute approximate surface area is 97.9 Å². The molecular weight excluding hydrogens is 196 g/mol. The zero-order valence-corrected chi connectivity index (χ0v) is 10.1. The smallest absolute Gasteiger partial charge is 0.159 e. The van der Waals surface area contributed by atoms with Crippen molar-refractivity contribution in [1.29, 1.82) is 0 Å². The van der Waals surface area contributed by atoms with Crippen LogP contribution in [0.3, 0.4) is 0 Å². The quantitative estimate of drug-likeness (QED) is 0.508. The molecule has 16 heavy (non-hydrogen) atoms. The number of hydrogen-bond acceptors (Lipinski definition) is 1. The van der Waals surface area contributed by atoms with Gasteiger partial charge >= 0.3 is 0 Å². The van der Waals surface area contributed by atoms with Gasteiger partial charge in [-0.3, -0.25) is 4.79 Å². The number of ketones is 1. The van der Waals surface area contributed by atoms with E-state index in [0.29, 0.717) is 11.7 Å². The molecule has 0 radical (unpaired) electrons. The van der Waals surface area contributed by atoms with Crippen LogP contribution in [-0.2, 0) is 4.79 Å². The van der Waals surface area contributed by atoms with Crippen LogP contribution >= 0.6 is 0 Å². The highest BCUT2D eigenvalue weighted by Crippen LogP contribution is 2.50. The molecule has 2 aliphatic carbocycles. The molecular formula is C15H20O. The number of rotatable bonds is 2. The molecule has 0 saturated heterocycles. The van der Waals surface area contributed by atoms with E-state index >= 15 is 0 Å². The molecule has 0 aromatic rings. The molecule has 1 heteroatoms.